The molecular formula is C24H28N2O3. The SMILES string of the molecule is CC(C)(C)c1ccc(OCc2ccc(C(=O)NNC3=CC(=O)CCC3)cc2)cc1. The average molecular weight is 392 g/mol. The van der Waals surface area contributed by atoms with E-state index in [0.29, 0.717) is 18.6 Å². The van der Waals surface area contributed by atoms with Crippen LogP contribution in [0.2, 0.25) is 0 Å². The Morgan fingerprint density at radius 3 is 2.31 bits per heavy atom. The first-order chi connectivity index (χ1) is 13.8. The maximum Gasteiger partial charge on any atom is 0.269 e. The van der Waals surface area contributed by atoms with Crippen LogP contribution in [0.5, 0.6) is 5.75 Å². The molecule has 0 aliphatic heterocycles. The quantitative estimate of drug-likeness (QED) is 0.714. The van der Waals surface area contributed by atoms with Crippen LogP contribution >= 0.6 is 0 Å². The van der Waals surface area contributed by atoms with E-state index in [0.717, 1.165) is 29.9 Å². The van der Waals surface area contributed by atoms with Gasteiger partial charge in [-0.05, 0) is 53.6 Å². The number of rotatable bonds is 6. The van der Waals surface area contributed by atoms with Crippen LogP contribution in [0.1, 0.15) is 61.5 Å². The van der Waals surface area contributed by atoms with Gasteiger partial charge in [0.15, 0.2) is 5.78 Å². The third kappa shape index (κ3) is 5.95. The van der Waals surface area contributed by atoms with Crippen LogP contribution in [-0.4, -0.2) is 11.7 Å². The maximum absolute atomic E-state index is 12.3. The van der Waals surface area contributed by atoms with Crippen molar-refractivity contribution in [3.05, 3.63) is 77.0 Å². The van der Waals surface area contributed by atoms with E-state index in [9.17, 15) is 9.59 Å². The highest BCUT2D eigenvalue weighted by Crippen LogP contribution is 2.24. The summed E-state index contributed by atoms with van der Waals surface area (Å²) in [4.78, 5) is 23.7. The Hall–Kier alpha value is -3.08. The molecule has 0 heterocycles. The van der Waals surface area contributed by atoms with Crippen molar-refractivity contribution < 1.29 is 14.3 Å². The number of hydrogen-bond donors (Lipinski definition) is 2. The van der Waals surface area contributed by atoms with Gasteiger partial charge in [0, 0.05) is 23.8 Å². The summed E-state index contributed by atoms with van der Waals surface area (Å²) in [6.45, 7) is 6.98. The van der Waals surface area contributed by atoms with Gasteiger partial charge in [0.1, 0.15) is 12.4 Å². The van der Waals surface area contributed by atoms with Gasteiger partial charge < -0.3 is 10.2 Å². The molecule has 0 unspecified atom stereocenters. The highest BCUT2D eigenvalue weighted by Gasteiger charge is 2.13. The van der Waals surface area contributed by atoms with E-state index in [1.165, 1.54) is 5.56 Å². The van der Waals surface area contributed by atoms with Gasteiger partial charge in [0.2, 0.25) is 0 Å². The lowest BCUT2D eigenvalue weighted by Crippen LogP contribution is -2.37. The normalized spacial score (nSPS) is 14.2. The van der Waals surface area contributed by atoms with E-state index in [2.05, 4.69) is 43.8 Å². The van der Waals surface area contributed by atoms with Gasteiger partial charge in [-0.2, -0.15) is 0 Å². The van der Waals surface area contributed by atoms with Crippen LogP contribution in [0, 0.1) is 0 Å². The Morgan fingerprint density at radius 2 is 1.69 bits per heavy atom. The molecule has 2 N–H and O–H groups in total. The fourth-order valence-corrected chi connectivity index (χ4v) is 3.07. The molecule has 29 heavy (non-hydrogen) atoms. The number of ether oxygens (including phenoxy) is 1. The molecule has 0 spiro atoms. The average Bonchev–Trinajstić information content (AvgIpc) is 2.70. The van der Waals surface area contributed by atoms with Crippen molar-refractivity contribution in [2.45, 2.75) is 52.1 Å². The summed E-state index contributed by atoms with van der Waals surface area (Å²) in [5.41, 5.74) is 9.14. The molecule has 1 amide bonds. The Balaban J connectivity index is 1.50. The number of carbonyl (C=O) groups is 2. The van der Waals surface area contributed by atoms with Gasteiger partial charge in [-0.15, -0.1) is 0 Å². The number of benzene rings is 2. The van der Waals surface area contributed by atoms with Crippen molar-refractivity contribution in [3.63, 3.8) is 0 Å². The summed E-state index contributed by atoms with van der Waals surface area (Å²) in [7, 11) is 0. The zero-order chi connectivity index (χ0) is 20.9. The van der Waals surface area contributed by atoms with Gasteiger partial charge in [-0.3, -0.25) is 15.0 Å². The van der Waals surface area contributed by atoms with Crippen LogP contribution in [0.25, 0.3) is 0 Å². The van der Waals surface area contributed by atoms with Crippen molar-refractivity contribution in [1.82, 2.24) is 10.9 Å². The molecule has 5 nitrogen and oxygen atoms in total. The van der Waals surface area contributed by atoms with Gasteiger partial charge in [-0.1, -0.05) is 45.0 Å². The fourth-order valence-electron chi connectivity index (χ4n) is 3.07. The number of nitrogens with one attached hydrogen (secondary N) is 2. The third-order valence-electron chi connectivity index (χ3n) is 4.88. The molecular weight excluding hydrogens is 364 g/mol. The van der Waals surface area contributed by atoms with Crippen molar-refractivity contribution in [2.24, 2.45) is 0 Å². The van der Waals surface area contributed by atoms with Crippen molar-refractivity contribution in [1.29, 1.82) is 0 Å². The third-order valence-corrected chi connectivity index (χ3v) is 4.88. The van der Waals surface area contributed by atoms with E-state index in [1.54, 1.807) is 18.2 Å². The summed E-state index contributed by atoms with van der Waals surface area (Å²) in [5.74, 6) is 0.666. The number of carbonyl (C=O) groups excluding carboxylic acids is 2. The fraction of sp³-hybridized carbons (Fsp3) is 0.333. The lowest BCUT2D eigenvalue weighted by molar-refractivity contribution is -0.115. The molecule has 2 aromatic carbocycles. The second-order valence-corrected chi connectivity index (χ2v) is 8.33. The zero-order valence-electron chi connectivity index (χ0n) is 17.2. The zero-order valence-corrected chi connectivity index (χ0v) is 17.2. The molecule has 2 aromatic rings. The molecule has 1 aliphatic carbocycles. The Labute approximate surface area is 172 Å². The highest BCUT2D eigenvalue weighted by atomic mass is 16.5. The van der Waals surface area contributed by atoms with Crippen molar-refractivity contribution in [3.8, 4) is 5.75 Å². The summed E-state index contributed by atoms with van der Waals surface area (Å²) in [6, 6.07) is 15.4. The van der Waals surface area contributed by atoms with Crippen molar-refractivity contribution >= 4 is 11.7 Å². The first-order valence-corrected chi connectivity index (χ1v) is 9.93. The molecule has 0 atom stereocenters. The van der Waals surface area contributed by atoms with Crippen LogP contribution in [0.4, 0.5) is 0 Å². The topological polar surface area (TPSA) is 67.4 Å². The van der Waals surface area contributed by atoms with Crippen LogP contribution in [0.15, 0.2) is 60.3 Å². The predicted molar refractivity (Wildman–Crippen MR) is 113 cm³/mol. The highest BCUT2D eigenvalue weighted by molar-refractivity contribution is 5.94. The molecule has 0 aromatic heterocycles. The Morgan fingerprint density at radius 1 is 1.00 bits per heavy atom. The number of hydrogen-bond acceptors (Lipinski definition) is 4. The largest absolute Gasteiger partial charge is 0.489 e. The molecule has 3 rings (SSSR count). The lowest BCUT2D eigenvalue weighted by Gasteiger charge is -2.19. The smallest absolute Gasteiger partial charge is 0.269 e. The van der Waals surface area contributed by atoms with Gasteiger partial charge in [0.25, 0.3) is 5.91 Å². The van der Waals surface area contributed by atoms with Crippen LogP contribution < -0.4 is 15.6 Å². The summed E-state index contributed by atoms with van der Waals surface area (Å²) >= 11 is 0. The summed E-state index contributed by atoms with van der Waals surface area (Å²) in [6.07, 6.45) is 3.70. The minimum Gasteiger partial charge on any atom is -0.489 e. The Bertz CT molecular complexity index is 891. The minimum absolute atomic E-state index is 0.0883. The first-order valence-electron chi connectivity index (χ1n) is 9.93. The molecule has 0 saturated carbocycles. The number of allylic oxidation sites excluding steroid dienone is 2. The molecule has 1 aliphatic rings. The van der Waals surface area contributed by atoms with Crippen LogP contribution in [0.3, 0.4) is 0 Å². The molecule has 5 heteroatoms. The van der Waals surface area contributed by atoms with E-state index < -0.39 is 0 Å². The number of hydrazine groups is 1. The summed E-state index contributed by atoms with van der Waals surface area (Å²) < 4.78 is 5.84. The predicted octanol–water partition coefficient (Wildman–Crippen LogP) is 4.43. The van der Waals surface area contributed by atoms with E-state index in [-0.39, 0.29) is 17.1 Å². The molecule has 0 fully saturated rings. The molecule has 152 valence electrons. The summed E-state index contributed by atoms with van der Waals surface area (Å²) in [5, 5.41) is 0. The van der Waals surface area contributed by atoms with Crippen molar-refractivity contribution in [2.75, 3.05) is 0 Å². The van der Waals surface area contributed by atoms with Gasteiger partial charge in [0.05, 0.1) is 0 Å². The second kappa shape index (κ2) is 8.95. The lowest BCUT2D eigenvalue weighted by atomic mass is 9.87. The van der Waals surface area contributed by atoms with E-state index in [1.807, 2.05) is 24.3 Å². The monoisotopic (exact) mass is 392 g/mol. The number of ketones is 1. The first kappa shape index (κ1) is 20.6. The van der Waals surface area contributed by atoms with E-state index in [4.69, 9.17) is 4.74 Å². The Kier molecular flexibility index (Phi) is 6.37. The maximum atomic E-state index is 12.3. The molecule has 0 bridgehead atoms. The van der Waals surface area contributed by atoms with Gasteiger partial charge >= 0.3 is 0 Å². The minimum atomic E-state index is -0.242. The number of amides is 1. The van der Waals surface area contributed by atoms with E-state index >= 15 is 0 Å². The van der Waals surface area contributed by atoms with Crippen LogP contribution in [-0.2, 0) is 16.8 Å². The standard InChI is InChI=1S/C24H28N2O3/c1-24(2,3)19-11-13-22(14-12-19)29-16-17-7-9-18(10-8-17)23(28)26-25-20-5-4-6-21(27)15-20/h7-15,25H,4-6,16H2,1-3H3,(H,26,28). The molecule has 0 saturated heterocycles. The second-order valence-electron chi connectivity index (χ2n) is 8.33. The van der Waals surface area contributed by atoms with Gasteiger partial charge in [-0.25, -0.2) is 0 Å². The molecule has 0 radical (unpaired) electrons.